The number of rotatable bonds is 3. The molecular formula is C47H27N3O. The van der Waals surface area contributed by atoms with E-state index in [2.05, 4.69) is 152 Å². The minimum absolute atomic E-state index is 0.604. The van der Waals surface area contributed by atoms with Crippen molar-refractivity contribution < 1.29 is 4.42 Å². The Morgan fingerprint density at radius 2 is 0.706 bits per heavy atom. The number of benzene rings is 9. The van der Waals surface area contributed by atoms with Crippen LogP contribution < -0.4 is 0 Å². The molecule has 4 nitrogen and oxygen atoms in total. The van der Waals surface area contributed by atoms with Crippen LogP contribution in [0.1, 0.15) is 0 Å². The second kappa shape index (κ2) is 10.8. The van der Waals surface area contributed by atoms with Gasteiger partial charge in [0.05, 0.1) is 0 Å². The van der Waals surface area contributed by atoms with Crippen molar-refractivity contribution in [3.05, 3.63) is 164 Å². The van der Waals surface area contributed by atoms with Crippen LogP contribution in [0.3, 0.4) is 0 Å². The Kier molecular flexibility index (Phi) is 5.92. The van der Waals surface area contributed by atoms with Crippen LogP contribution in [-0.2, 0) is 0 Å². The van der Waals surface area contributed by atoms with Crippen molar-refractivity contribution in [2.45, 2.75) is 0 Å². The molecule has 0 aliphatic heterocycles. The minimum atomic E-state index is 0.604. The van der Waals surface area contributed by atoms with Crippen molar-refractivity contribution in [1.82, 2.24) is 15.0 Å². The van der Waals surface area contributed by atoms with Crippen LogP contribution in [0.4, 0.5) is 0 Å². The molecule has 0 aliphatic carbocycles. The van der Waals surface area contributed by atoms with Crippen molar-refractivity contribution >= 4 is 75.8 Å². The zero-order valence-corrected chi connectivity index (χ0v) is 27.3. The summed E-state index contributed by atoms with van der Waals surface area (Å²) in [4.78, 5) is 15.7. The Balaban J connectivity index is 1.24. The van der Waals surface area contributed by atoms with Gasteiger partial charge < -0.3 is 4.42 Å². The fraction of sp³-hybridized carbons (Fsp3) is 0. The Labute approximate surface area is 292 Å². The molecule has 4 heteroatoms. The molecule has 236 valence electrons. The maximum Gasteiger partial charge on any atom is 0.164 e. The molecule has 11 rings (SSSR count). The highest BCUT2D eigenvalue weighted by atomic mass is 16.3. The summed E-state index contributed by atoms with van der Waals surface area (Å²) >= 11 is 0. The average Bonchev–Trinajstić information content (AvgIpc) is 3.59. The number of hydrogen-bond acceptors (Lipinski definition) is 4. The van der Waals surface area contributed by atoms with Gasteiger partial charge in [0.1, 0.15) is 11.2 Å². The van der Waals surface area contributed by atoms with Crippen LogP contribution in [-0.4, -0.2) is 15.0 Å². The van der Waals surface area contributed by atoms with E-state index in [0.29, 0.717) is 17.5 Å². The molecule has 0 fully saturated rings. The Hall–Kier alpha value is -6.91. The van der Waals surface area contributed by atoms with Crippen LogP contribution in [0.15, 0.2) is 168 Å². The number of furan rings is 1. The maximum atomic E-state index is 6.86. The van der Waals surface area contributed by atoms with Crippen molar-refractivity contribution in [3.8, 4) is 34.2 Å². The SMILES string of the molecule is c1ccc2c(-c3nc(-c4cccc5ccccc45)nc(-c4cccc5oc6c(ccc7c8ccccc8c8ccccc8c76)c45)n3)cccc2c1. The fourth-order valence-electron chi connectivity index (χ4n) is 8.03. The molecule has 11 aromatic rings. The van der Waals surface area contributed by atoms with Gasteiger partial charge in [0.25, 0.3) is 0 Å². The standard InChI is InChI=1S/C47H27N3O/c1-3-16-30-28(12-1)14-9-22-37(30)45-48-46(38-23-10-15-29-13-2-4-17-31(29)38)50-47(49-45)40-24-11-25-41-42(40)39-27-26-36-34-20-6-5-18-32(34)33-19-7-8-21-35(33)43(36)44(39)51-41/h1-27H. The molecule has 0 saturated heterocycles. The van der Waals surface area contributed by atoms with E-state index in [0.717, 1.165) is 65.6 Å². The monoisotopic (exact) mass is 649 g/mol. The summed E-state index contributed by atoms with van der Waals surface area (Å²) < 4.78 is 6.86. The quantitative estimate of drug-likeness (QED) is 0.179. The van der Waals surface area contributed by atoms with Gasteiger partial charge in [0.15, 0.2) is 17.5 Å². The van der Waals surface area contributed by atoms with Gasteiger partial charge >= 0.3 is 0 Å². The number of fused-ring (bicyclic) bond motifs is 12. The minimum Gasteiger partial charge on any atom is -0.455 e. The summed E-state index contributed by atoms with van der Waals surface area (Å²) in [5, 5.41) is 13.6. The lowest BCUT2D eigenvalue weighted by Gasteiger charge is -2.12. The van der Waals surface area contributed by atoms with E-state index in [9.17, 15) is 0 Å². The van der Waals surface area contributed by atoms with Crippen molar-refractivity contribution in [3.63, 3.8) is 0 Å². The van der Waals surface area contributed by atoms with Crippen LogP contribution in [0.2, 0.25) is 0 Å². The summed E-state index contributed by atoms with van der Waals surface area (Å²) in [5.74, 6) is 1.87. The van der Waals surface area contributed by atoms with Gasteiger partial charge in [-0.3, -0.25) is 0 Å². The van der Waals surface area contributed by atoms with Crippen molar-refractivity contribution in [2.24, 2.45) is 0 Å². The zero-order chi connectivity index (χ0) is 33.5. The summed E-state index contributed by atoms with van der Waals surface area (Å²) in [6, 6.07) is 57.3. The lowest BCUT2D eigenvalue weighted by molar-refractivity contribution is 0.673. The summed E-state index contributed by atoms with van der Waals surface area (Å²) in [7, 11) is 0. The summed E-state index contributed by atoms with van der Waals surface area (Å²) in [5.41, 5.74) is 4.50. The molecule has 0 N–H and O–H groups in total. The van der Waals surface area contributed by atoms with E-state index in [-0.39, 0.29) is 0 Å². The van der Waals surface area contributed by atoms with Crippen molar-refractivity contribution in [1.29, 1.82) is 0 Å². The first-order valence-corrected chi connectivity index (χ1v) is 17.2. The van der Waals surface area contributed by atoms with Crippen LogP contribution in [0, 0.1) is 0 Å². The fourth-order valence-corrected chi connectivity index (χ4v) is 8.03. The third kappa shape index (κ3) is 4.17. The molecule has 2 aromatic heterocycles. The van der Waals surface area contributed by atoms with Gasteiger partial charge in [-0.15, -0.1) is 0 Å². The molecule has 2 heterocycles. The van der Waals surface area contributed by atoms with Crippen LogP contribution in [0.25, 0.3) is 110 Å². The summed E-state index contributed by atoms with van der Waals surface area (Å²) in [6.07, 6.45) is 0. The highest BCUT2D eigenvalue weighted by Gasteiger charge is 2.21. The second-order valence-electron chi connectivity index (χ2n) is 13.1. The topological polar surface area (TPSA) is 51.8 Å². The van der Waals surface area contributed by atoms with Gasteiger partial charge in [-0.2, -0.15) is 0 Å². The summed E-state index contributed by atoms with van der Waals surface area (Å²) in [6.45, 7) is 0. The predicted molar refractivity (Wildman–Crippen MR) is 211 cm³/mol. The molecule has 0 bridgehead atoms. The molecule has 0 unspecified atom stereocenters. The third-order valence-electron chi connectivity index (χ3n) is 10.3. The van der Waals surface area contributed by atoms with Gasteiger partial charge in [-0.1, -0.05) is 152 Å². The van der Waals surface area contributed by atoms with Gasteiger partial charge in [0, 0.05) is 32.8 Å². The number of aromatic nitrogens is 3. The highest BCUT2D eigenvalue weighted by molar-refractivity contribution is 6.32. The number of hydrogen-bond donors (Lipinski definition) is 0. The molecule has 0 radical (unpaired) electrons. The van der Waals surface area contributed by atoms with Crippen LogP contribution in [0.5, 0.6) is 0 Å². The van der Waals surface area contributed by atoms with E-state index in [4.69, 9.17) is 19.4 Å². The lowest BCUT2D eigenvalue weighted by Crippen LogP contribution is -2.01. The van der Waals surface area contributed by atoms with E-state index < -0.39 is 0 Å². The first-order chi connectivity index (χ1) is 25.3. The smallest absolute Gasteiger partial charge is 0.164 e. The van der Waals surface area contributed by atoms with E-state index in [1.54, 1.807) is 0 Å². The van der Waals surface area contributed by atoms with E-state index in [1.165, 1.54) is 26.9 Å². The Morgan fingerprint density at radius 1 is 0.294 bits per heavy atom. The predicted octanol–water partition coefficient (Wildman–Crippen LogP) is 12.5. The second-order valence-corrected chi connectivity index (χ2v) is 13.1. The van der Waals surface area contributed by atoms with E-state index in [1.807, 2.05) is 12.1 Å². The zero-order valence-electron chi connectivity index (χ0n) is 27.3. The first kappa shape index (κ1) is 28.0. The maximum absolute atomic E-state index is 6.86. The molecular weight excluding hydrogens is 623 g/mol. The molecule has 0 spiro atoms. The Morgan fingerprint density at radius 3 is 1.31 bits per heavy atom. The van der Waals surface area contributed by atoms with E-state index >= 15 is 0 Å². The molecule has 0 saturated carbocycles. The molecule has 51 heavy (non-hydrogen) atoms. The van der Waals surface area contributed by atoms with Crippen LogP contribution >= 0.6 is 0 Å². The molecule has 0 amide bonds. The lowest BCUT2D eigenvalue weighted by atomic mass is 9.93. The third-order valence-corrected chi connectivity index (χ3v) is 10.3. The first-order valence-electron chi connectivity index (χ1n) is 17.2. The Bertz CT molecular complexity index is 3070. The number of nitrogens with zero attached hydrogens (tertiary/aromatic N) is 3. The van der Waals surface area contributed by atoms with Crippen molar-refractivity contribution in [2.75, 3.05) is 0 Å². The molecule has 0 atom stereocenters. The van der Waals surface area contributed by atoms with Gasteiger partial charge in [-0.05, 0) is 60.6 Å². The van der Waals surface area contributed by atoms with Gasteiger partial charge in [-0.25, -0.2) is 15.0 Å². The molecule has 9 aromatic carbocycles. The average molecular weight is 650 g/mol. The highest BCUT2D eigenvalue weighted by Crippen LogP contribution is 2.44. The normalized spacial score (nSPS) is 11.9. The molecule has 0 aliphatic rings. The largest absolute Gasteiger partial charge is 0.455 e. The van der Waals surface area contributed by atoms with Gasteiger partial charge in [0.2, 0.25) is 0 Å².